The molecule has 0 aliphatic rings. The molecular weight excluding hydrogens is 308 g/mol. The van der Waals surface area contributed by atoms with Crippen LogP contribution in [0, 0.1) is 6.92 Å². The van der Waals surface area contributed by atoms with E-state index in [0.717, 1.165) is 10.9 Å². The topological polar surface area (TPSA) is 101 Å². The molecule has 3 rings (SSSR count). The number of rotatable bonds is 5. The second-order valence-corrected chi connectivity index (χ2v) is 5.24. The third kappa shape index (κ3) is 3.17. The van der Waals surface area contributed by atoms with Gasteiger partial charge in [0.15, 0.2) is 12.0 Å². The van der Waals surface area contributed by atoms with Crippen LogP contribution >= 0.6 is 0 Å². The second kappa shape index (κ2) is 6.37. The van der Waals surface area contributed by atoms with Gasteiger partial charge >= 0.3 is 0 Å². The maximum absolute atomic E-state index is 10.7. The maximum atomic E-state index is 10.7. The van der Waals surface area contributed by atoms with Gasteiger partial charge in [-0.25, -0.2) is 0 Å². The highest BCUT2D eigenvalue weighted by atomic mass is 16.5. The lowest BCUT2D eigenvalue weighted by Crippen LogP contribution is -1.94. The second-order valence-electron chi connectivity index (χ2n) is 5.24. The van der Waals surface area contributed by atoms with Gasteiger partial charge in [-0.15, -0.1) is 0 Å². The Balaban J connectivity index is 1.73. The van der Waals surface area contributed by atoms with E-state index < -0.39 is 0 Å². The monoisotopic (exact) mass is 324 g/mol. The van der Waals surface area contributed by atoms with E-state index in [2.05, 4.69) is 0 Å². The Morgan fingerprint density at radius 1 is 0.958 bits per heavy atom. The van der Waals surface area contributed by atoms with Gasteiger partial charge in [-0.3, -0.25) is 4.79 Å². The quantitative estimate of drug-likeness (QED) is 0.422. The molecule has 0 radical (unpaired) electrons. The van der Waals surface area contributed by atoms with Crippen molar-refractivity contribution in [3.63, 3.8) is 0 Å². The molecule has 0 saturated carbocycles. The summed E-state index contributed by atoms with van der Waals surface area (Å²) in [7, 11) is 0. The molecule has 0 unspecified atom stereocenters. The summed E-state index contributed by atoms with van der Waals surface area (Å²) in [5.74, 6) is 1.21. The summed E-state index contributed by atoms with van der Waals surface area (Å²) in [5, 5.41) is 0.721. The summed E-state index contributed by atoms with van der Waals surface area (Å²) in [6, 6.07) is 10.4. The molecule has 1 heterocycles. The highest BCUT2D eigenvalue weighted by Gasteiger charge is 2.08. The molecule has 6 nitrogen and oxygen atoms in total. The van der Waals surface area contributed by atoms with Crippen molar-refractivity contribution in [2.24, 2.45) is 0 Å². The molecule has 4 N–H and O–H groups in total. The summed E-state index contributed by atoms with van der Waals surface area (Å²) in [6.07, 6.45) is 3.37. The van der Waals surface area contributed by atoms with Crippen LogP contribution in [0.25, 0.3) is 11.0 Å². The number of anilines is 2. The van der Waals surface area contributed by atoms with Crippen molar-refractivity contribution in [3.05, 3.63) is 60.2 Å². The van der Waals surface area contributed by atoms with Crippen molar-refractivity contribution in [1.29, 1.82) is 0 Å². The largest absolute Gasteiger partial charge is 0.460 e. The molecule has 0 saturated heterocycles. The predicted octanol–water partition coefficient (Wildman–Crippen LogP) is 3.65. The van der Waals surface area contributed by atoms with E-state index in [-0.39, 0.29) is 5.76 Å². The summed E-state index contributed by atoms with van der Waals surface area (Å²) in [6.45, 7) is 1.95. The summed E-state index contributed by atoms with van der Waals surface area (Å²) < 4.78 is 16.2. The molecule has 0 aliphatic heterocycles. The number of carbonyl (C=O) groups excluding carboxylic acids is 1. The molecule has 6 heteroatoms. The lowest BCUT2D eigenvalue weighted by atomic mass is 10.2. The Hall–Kier alpha value is -3.41. The van der Waals surface area contributed by atoms with Crippen molar-refractivity contribution >= 4 is 28.6 Å². The molecule has 0 atom stereocenters. The van der Waals surface area contributed by atoms with Crippen molar-refractivity contribution < 1.29 is 18.7 Å². The summed E-state index contributed by atoms with van der Waals surface area (Å²) >= 11 is 0. The van der Waals surface area contributed by atoms with E-state index in [9.17, 15) is 4.79 Å². The number of hydrogen-bond donors (Lipinski definition) is 2. The number of benzene rings is 2. The lowest BCUT2D eigenvalue weighted by Gasteiger charge is -2.06. The SMILES string of the molecule is Cc1ccc(N)c(OC=COc2cc3cc(C=O)oc3cc2N)c1. The van der Waals surface area contributed by atoms with Gasteiger partial charge in [0, 0.05) is 11.5 Å². The van der Waals surface area contributed by atoms with Gasteiger partial charge in [-0.05, 0) is 36.8 Å². The van der Waals surface area contributed by atoms with Crippen LogP contribution < -0.4 is 20.9 Å². The third-order valence-electron chi connectivity index (χ3n) is 3.40. The molecule has 3 aromatic rings. The van der Waals surface area contributed by atoms with Crippen LogP contribution in [-0.4, -0.2) is 6.29 Å². The highest BCUT2D eigenvalue weighted by Crippen LogP contribution is 2.30. The predicted molar refractivity (Wildman–Crippen MR) is 92.0 cm³/mol. The van der Waals surface area contributed by atoms with Crippen LogP contribution in [0.3, 0.4) is 0 Å². The summed E-state index contributed by atoms with van der Waals surface area (Å²) in [4.78, 5) is 10.7. The van der Waals surface area contributed by atoms with Crippen molar-refractivity contribution in [2.75, 3.05) is 11.5 Å². The average Bonchev–Trinajstić information content (AvgIpc) is 2.96. The lowest BCUT2D eigenvalue weighted by molar-refractivity contribution is 0.110. The minimum Gasteiger partial charge on any atom is -0.460 e. The first-order chi connectivity index (χ1) is 11.6. The Morgan fingerprint density at radius 3 is 2.38 bits per heavy atom. The first-order valence-corrected chi connectivity index (χ1v) is 7.19. The van der Waals surface area contributed by atoms with E-state index in [1.54, 1.807) is 24.3 Å². The first kappa shape index (κ1) is 15.5. The Morgan fingerprint density at radius 2 is 1.67 bits per heavy atom. The number of ether oxygens (including phenoxy) is 2. The van der Waals surface area contributed by atoms with Gasteiger partial charge in [0.05, 0.1) is 11.4 Å². The molecule has 0 spiro atoms. The van der Waals surface area contributed by atoms with E-state index in [1.807, 2.05) is 19.1 Å². The van der Waals surface area contributed by atoms with Gasteiger partial charge in [0.25, 0.3) is 0 Å². The molecule has 1 aromatic heterocycles. The van der Waals surface area contributed by atoms with Gasteiger partial charge in [0.2, 0.25) is 0 Å². The Labute approximate surface area is 138 Å². The van der Waals surface area contributed by atoms with Crippen molar-refractivity contribution in [2.45, 2.75) is 6.92 Å². The van der Waals surface area contributed by atoms with Crippen molar-refractivity contribution in [3.8, 4) is 11.5 Å². The Kier molecular flexibility index (Phi) is 4.11. The van der Waals surface area contributed by atoms with E-state index >= 15 is 0 Å². The number of fused-ring (bicyclic) bond motifs is 1. The highest BCUT2D eigenvalue weighted by molar-refractivity contribution is 5.88. The van der Waals surface area contributed by atoms with E-state index in [0.29, 0.717) is 34.7 Å². The Bertz CT molecular complexity index is 928. The average molecular weight is 324 g/mol. The number of aryl methyl sites for hydroxylation is 1. The summed E-state index contributed by atoms with van der Waals surface area (Å²) in [5.41, 5.74) is 14.2. The molecule has 0 fully saturated rings. The number of hydrogen-bond acceptors (Lipinski definition) is 6. The van der Waals surface area contributed by atoms with Gasteiger partial charge in [0.1, 0.15) is 29.6 Å². The van der Waals surface area contributed by atoms with Crippen LogP contribution in [0.2, 0.25) is 0 Å². The molecule has 2 aromatic carbocycles. The molecule has 0 aliphatic carbocycles. The number of nitrogen functional groups attached to an aromatic ring is 2. The number of nitrogens with two attached hydrogens (primary N) is 2. The van der Waals surface area contributed by atoms with Gasteiger partial charge < -0.3 is 25.4 Å². The zero-order valence-corrected chi connectivity index (χ0v) is 13.0. The van der Waals surface area contributed by atoms with Crippen LogP contribution in [0.4, 0.5) is 11.4 Å². The first-order valence-electron chi connectivity index (χ1n) is 7.19. The third-order valence-corrected chi connectivity index (χ3v) is 3.40. The normalized spacial score (nSPS) is 11.0. The zero-order chi connectivity index (χ0) is 17.1. The molecular formula is C18H16N2O4. The standard InChI is InChI=1S/C18H16N2O4/c1-11-2-3-14(19)17(6-11)22-4-5-23-18-8-12-7-13(10-21)24-16(12)9-15(18)20/h2-10H,19-20H2,1H3. The van der Waals surface area contributed by atoms with Gasteiger partial charge in [-0.1, -0.05) is 6.07 Å². The van der Waals surface area contributed by atoms with Crippen LogP contribution in [0.1, 0.15) is 16.1 Å². The number of furan rings is 1. The van der Waals surface area contributed by atoms with E-state index in [1.165, 1.54) is 12.5 Å². The van der Waals surface area contributed by atoms with Crippen molar-refractivity contribution in [1.82, 2.24) is 0 Å². The van der Waals surface area contributed by atoms with Crippen LogP contribution in [0.15, 0.2) is 53.3 Å². The molecule has 0 amide bonds. The fraction of sp³-hybridized carbons (Fsp3) is 0.0556. The van der Waals surface area contributed by atoms with Crippen LogP contribution in [-0.2, 0) is 0 Å². The zero-order valence-electron chi connectivity index (χ0n) is 13.0. The van der Waals surface area contributed by atoms with E-state index in [4.69, 9.17) is 25.4 Å². The fourth-order valence-electron chi connectivity index (χ4n) is 2.21. The van der Waals surface area contributed by atoms with Gasteiger partial charge in [-0.2, -0.15) is 0 Å². The minimum absolute atomic E-state index is 0.232. The minimum atomic E-state index is 0.232. The fourth-order valence-corrected chi connectivity index (χ4v) is 2.21. The maximum Gasteiger partial charge on any atom is 0.185 e. The number of carbonyl (C=O) groups is 1. The van der Waals surface area contributed by atoms with Crippen LogP contribution in [0.5, 0.6) is 11.5 Å². The molecule has 24 heavy (non-hydrogen) atoms. The molecule has 122 valence electrons. The smallest absolute Gasteiger partial charge is 0.185 e. The number of aldehydes is 1. The molecule has 0 bridgehead atoms.